The van der Waals surface area contributed by atoms with Crippen molar-refractivity contribution >= 4 is 12.2 Å². The van der Waals surface area contributed by atoms with Crippen LogP contribution in [0.4, 0.5) is 8.78 Å². The van der Waals surface area contributed by atoms with Crippen molar-refractivity contribution < 1.29 is 18.4 Å². The van der Waals surface area contributed by atoms with E-state index in [0.29, 0.717) is 18.0 Å². The number of halogens is 2. The Bertz CT molecular complexity index is 439. The molecule has 2 aliphatic rings. The first-order chi connectivity index (χ1) is 10.3. The standard InChI is InChI=1S/C16H24F2N2O2/c1-11(19-9-13-3-4-13)15(22)12(2)20(10-21)14-5-7-16(17,18)8-6-14/h10,12-14,19H,1,3-9H2,2H3. The van der Waals surface area contributed by atoms with Crippen LogP contribution in [0.15, 0.2) is 12.3 Å². The van der Waals surface area contributed by atoms with Gasteiger partial charge in [-0.15, -0.1) is 0 Å². The maximum absolute atomic E-state index is 13.2. The zero-order chi connectivity index (χ0) is 16.3. The topological polar surface area (TPSA) is 49.4 Å². The number of ketones is 1. The van der Waals surface area contributed by atoms with E-state index >= 15 is 0 Å². The zero-order valence-electron chi connectivity index (χ0n) is 13.0. The third-order valence-electron chi connectivity index (χ3n) is 4.66. The Morgan fingerprint density at radius 2 is 1.95 bits per heavy atom. The van der Waals surface area contributed by atoms with Crippen LogP contribution in [0.2, 0.25) is 0 Å². The lowest BCUT2D eigenvalue weighted by Crippen LogP contribution is -2.48. The number of hydrogen-bond acceptors (Lipinski definition) is 3. The van der Waals surface area contributed by atoms with Crippen LogP contribution in [0.1, 0.15) is 45.4 Å². The van der Waals surface area contributed by atoms with Crippen LogP contribution in [-0.4, -0.2) is 41.6 Å². The lowest BCUT2D eigenvalue weighted by Gasteiger charge is -2.37. The number of amides is 1. The molecule has 22 heavy (non-hydrogen) atoms. The number of nitrogens with zero attached hydrogens (tertiary/aromatic N) is 1. The predicted octanol–water partition coefficient (Wildman–Crippen LogP) is 2.49. The summed E-state index contributed by atoms with van der Waals surface area (Å²) in [5.74, 6) is -2.28. The van der Waals surface area contributed by atoms with Crippen molar-refractivity contribution in [3.63, 3.8) is 0 Å². The number of hydrogen-bond donors (Lipinski definition) is 1. The highest BCUT2D eigenvalue weighted by Crippen LogP contribution is 2.35. The van der Waals surface area contributed by atoms with Gasteiger partial charge in [-0.05, 0) is 38.5 Å². The minimum Gasteiger partial charge on any atom is -0.382 e. The molecule has 0 aromatic rings. The maximum Gasteiger partial charge on any atom is 0.248 e. The van der Waals surface area contributed by atoms with Gasteiger partial charge in [-0.1, -0.05) is 6.58 Å². The molecule has 1 amide bonds. The van der Waals surface area contributed by atoms with E-state index in [0.717, 1.165) is 6.54 Å². The fourth-order valence-corrected chi connectivity index (χ4v) is 2.88. The molecule has 0 radical (unpaired) electrons. The molecule has 0 saturated heterocycles. The molecular formula is C16H24F2N2O2. The molecule has 0 bridgehead atoms. The third-order valence-corrected chi connectivity index (χ3v) is 4.66. The summed E-state index contributed by atoms with van der Waals surface area (Å²) in [4.78, 5) is 25.1. The zero-order valence-corrected chi connectivity index (χ0v) is 13.0. The van der Waals surface area contributed by atoms with Gasteiger partial charge >= 0.3 is 0 Å². The average molecular weight is 314 g/mol. The average Bonchev–Trinajstić information content (AvgIpc) is 3.30. The molecule has 124 valence electrons. The van der Waals surface area contributed by atoms with Gasteiger partial charge in [-0.2, -0.15) is 0 Å². The van der Waals surface area contributed by atoms with Gasteiger partial charge in [-0.3, -0.25) is 9.59 Å². The Kier molecular flexibility index (Phi) is 5.19. The highest BCUT2D eigenvalue weighted by atomic mass is 19.3. The highest BCUT2D eigenvalue weighted by Gasteiger charge is 2.38. The normalized spacial score (nSPS) is 22.7. The third kappa shape index (κ3) is 4.27. The minimum atomic E-state index is -2.65. The molecule has 2 rings (SSSR count). The second-order valence-corrected chi connectivity index (χ2v) is 6.48. The molecule has 1 N–H and O–H groups in total. The molecule has 0 spiro atoms. The molecule has 2 aliphatic carbocycles. The van der Waals surface area contributed by atoms with E-state index < -0.39 is 12.0 Å². The van der Waals surface area contributed by atoms with Crippen molar-refractivity contribution in [1.29, 1.82) is 0 Å². The first-order valence-electron chi connectivity index (χ1n) is 7.91. The monoisotopic (exact) mass is 314 g/mol. The van der Waals surface area contributed by atoms with E-state index in [1.54, 1.807) is 6.92 Å². The molecule has 1 unspecified atom stereocenters. The molecule has 0 aromatic heterocycles. The summed E-state index contributed by atoms with van der Waals surface area (Å²) in [6.45, 7) is 6.10. The maximum atomic E-state index is 13.2. The van der Waals surface area contributed by atoms with E-state index in [1.807, 2.05) is 0 Å². The van der Waals surface area contributed by atoms with Crippen molar-refractivity contribution in [3.05, 3.63) is 12.3 Å². The van der Waals surface area contributed by atoms with Gasteiger partial charge in [0, 0.05) is 25.4 Å². The second-order valence-electron chi connectivity index (χ2n) is 6.48. The fraction of sp³-hybridized carbons (Fsp3) is 0.750. The van der Waals surface area contributed by atoms with Crippen LogP contribution in [0.5, 0.6) is 0 Å². The predicted molar refractivity (Wildman–Crippen MR) is 79.4 cm³/mol. The number of carbonyl (C=O) groups excluding carboxylic acids is 2. The molecule has 1 atom stereocenters. The van der Waals surface area contributed by atoms with E-state index in [4.69, 9.17) is 0 Å². The quantitative estimate of drug-likeness (QED) is 0.553. The largest absolute Gasteiger partial charge is 0.382 e. The molecule has 4 nitrogen and oxygen atoms in total. The summed E-state index contributed by atoms with van der Waals surface area (Å²) >= 11 is 0. The Morgan fingerprint density at radius 3 is 2.45 bits per heavy atom. The van der Waals surface area contributed by atoms with Crippen molar-refractivity contribution in [2.45, 2.75) is 63.5 Å². The van der Waals surface area contributed by atoms with Crippen molar-refractivity contribution in [2.75, 3.05) is 6.54 Å². The van der Waals surface area contributed by atoms with E-state index in [9.17, 15) is 18.4 Å². The van der Waals surface area contributed by atoms with Gasteiger partial charge in [0.15, 0.2) is 5.78 Å². The van der Waals surface area contributed by atoms with E-state index in [1.165, 1.54) is 17.7 Å². The van der Waals surface area contributed by atoms with Crippen LogP contribution in [0.25, 0.3) is 0 Å². The Balaban J connectivity index is 1.89. The molecular weight excluding hydrogens is 290 g/mol. The molecule has 2 saturated carbocycles. The van der Waals surface area contributed by atoms with Crippen molar-refractivity contribution in [2.24, 2.45) is 5.92 Å². The van der Waals surface area contributed by atoms with Crippen molar-refractivity contribution in [1.82, 2.24) is 10.2 Å². The summed E-state index contributed by atoms with van der Waals surface area (Å²) in [7, 11) is 0. The molecule has 0 heterocycles. The van der Waals surface area contributed by atoms with Gasteiger partial charge in [0.1, 0.15) is 0 Å². The summed E-state index contributed by atoms with van der Waals surface area (Å²) in [6, 6.07) is -0.972. The van der Waals surface area contributed by atoms with Gasteiger partial charge in [0.25, 0.3) is 0 Å². The first-order valence-corrected chi connectivity index (χ1v) is 7.91. The number of alkyl halides is 2. The summed E-state index contributed by atoms with van der Waals surface area (Å²) in [5, 5.41) is 3.01. The SMILES string of the molecule is C=C(NCC1CC1)C(=O)C(C)N(C=O)C1CCC(F)(F)CC1. The first kappa shape index (κ1) is 16.9. The Labute approximate surface area is 129 Å². The van der Waals surface area contributed by atoms with Crippen LogP contribution < -0.4 is 5.32 Å². The van der Waals surface area contributed by atoms with E-state index in [-0.39, 0.29) is 37.5 Å². The molecule has 0 aliphatic heterocycles. The summed E-state index contributed by atoms with van der Waals surface area (Å²) in [6.07, 6.45) is 2.93. The summed E-state index contributed by atoms with van der Waals surface area (Å²) < 4.78 is 26.4. The number of carbonyl (C=O) groups is 2. The fourth-order valence-electron chi connectivity index (χ4n) is 2.88. The van der Waals surface area contributed by atoms with Crippen molar-refractivity contribution in [3.8, 4) is 0 Å². The van der Waals surface area contributed by atoms with E-state index in [2.05, 4.69) is 11.9 Å². The lowest BCUT2D eigenvalue weighted by atomic mass is 9.90. The smallest absolute Gasteiger partial charge is 0.248 e. The van der Waals surface area contributed by atoms with Crippen LogP contribution >= 0.6 is 0 Å². The van der Waals surface area contributed by atoms with Gasteiger partial charge in [-0.25, -0.2) is 8.78 Å². The number of nitrogens with one attached hydrogen (secondary N) is 1. The van der Waals surface area contributed by atoms with Crippen LogP contribution in [0.3, 0.4) is 0 Å². The number of rotatable bonds is 8. The lowest BCUT2D eigenvalue weighted by molar-refractivity contribution is -0.134. The highest BCUT2D eigenvalue weighted by molar-refractivity contribution is 5.99. The Hall–Kier alpha value is -1.46. The molecule has 6 heteroatoms. The van der Waals surface area contributed by atoms with Gasteiger partial charge < -0.3 is 10.2 Å². The van der Waals surface area contributed by atoms with Crippen LogP contribution in [0, 0.1) is 5.92 Å². The molecule has 2 fully saturated rings. The van der Waals surface area contributed by atoms with Gasteiger partial charge in [0.2, 0.25) is 12.3 Å². The van der Waals surface area contributed by atoms with Gasteiger partial charge in [0.05, 0.1) is 11.7 Å². The summed E-state index contributed by atoms with van der Waals surface area (Å²) in [5.41, 5.74) is 0.299. The molecule has 0 aromatic carbocycles. The Morgan fingerprint density at radius 1 is 1.36 bits per heavy atom. The second kappa shape index (κ2) is 6.75. The minimum absolute atomic E-state index is 0.228. The van der Waals surface area contributed by atoms with Crippen LogP contribution in [-0.2, 0) is 9.59 Å². The number of Topliss-reactive ketones (excluding diaryl/α,β-unsaturated/α-hetero) is 1.